The Balaban J connectivity index is 1.32. The summed E-state index contributed by atoms with van der Waals surface area (Å²) in [6, 6.07) is 6.87. The monoisotopic (exact) mass is 393 g/mol. The lowest BCUT2D eigenvalue weighted by Crippen LogP contribution is -2.39. The summed E-state index contributed by atoms with van der Waals surface area (Å²) >= 11 is 3.39. The highest BCUT2D eigenvalue weighted by atomic mass is 79.9. The number of ketones is 1. The molecule has 1 saturated heterocycles. The van der Waals surface area contributed by atoms with Gasteiger partial charge >= 0.3 is 5.97 Å². The quantitative estimate of drug-likeness (QED) is 0.588. The number of esters is 1. The van der Waals surface area contributed by atoms with Crippen LogP contribution in [0.1, 0.15) is 25.7 Å². The second kappa shape index (κ2) is 5.31. The predicted molar refractivity (Wildman–Crippen MR) is 86.3 cm³/mol. The molecule has 1 aliphatic heterocycles. The lowest BCUT2D eigenvalue weighted by molar-refractivity contribution is -0.142. The van der Waals surface area contributed by atoms with E-state index >= 15 is 0 Å². The fourth-order valence-corrected chi connectivity index (χ4v) is 3.78. The Kier molecular flexibility index (Phi) is 3.46. The van der Waals surface area contributed by atoms with Gasteiger partial charge in [0.25, 0.3) is 0 Å². The zero-order valence-corrected chi connectivity index (χ0v) is 14.4. The van der Waals surface area contributed by atoms with E-state index in [-0.39, 0.29) is 12.2 Å². The molecule has 24 heavy (non-hydrogen) atoms. The lowest BCUT2D eigenvalue weighted by Gasteiger charge is -2.08. The Bertz CT molecular complexity index is 740. The van der Waals surface area contributed by atoms with Crippen LogP contribution in [0.2, 0.25) is 0 Å². The number of nitrogens with one attached hydrogen (secondary N) is 1. The van der Waals surface area contributed by atoms with Gasteiger partial charge in [0.2, 0.25) is 5.91 Å². The first kappa shape index (κ1) is 15.6. The van der Waals surface area contributed by atoms with Crippen LogP contribution in [0.4, 0.5) is 0 Å². The lowest BCUT2D eigenvalue weighted by atomic mass is 10.1. The largest absolute Gasteiger partial charge is 0.486 e. The molecule has 1 unspecified atom stereocenters. The number of hydrogen-bond donors (Lipinski definition) is 1. The van der Waals surface area contributed by atoms with Crippen LogP contribution < -0.4 is 10.1 Å². The van der Waals surface area contributed by atoms with Crippen molar-refractivity contribution in [2.45, 2.75) is 37.3 Å². The van der Waals surface area contributed by atoms with E-state index in [9.17, 15) is 14.4 Å². The van der Waals surface area contributed by atoms with Crippen molar-refractivity contribution in [3.8, 4) is 5.75 Å². The number of hydrogen-bond acceptors (Lipinski definition) is 5. The van der Waals surface area contributed by atoms with Crippen molar-refractivity contribution in [1.29, 1.82) is 0 Å². The van der Waals surface area contributed by atoms with Crippen molar-refractivity contribution >= 4 is 33.6 Å². The number of rotatable bonds is 6. The van der Waals surface area contributed by atoms with Crippen molar-refractivity contribution in [1.82, 2.24) is 5.32 Å². The topological polar surface area (TPSA) is 81.7 Å². The van der Waals surface area contributed by atoms with Gasteiger partial charge in [-0.1, -0.05) is 22.0 Å². The number of benzene rings is 1. The molecular weight excluding hydrogens is 378 g/mol. The molecule has 6 nitrogen and oxygen atoms in total. The summed E-state index contributed by atoms with van der Waals surface area (Å²) < 4.78 is 11.7. The highest BCUT2D eigenvalue weighted by Crippen LogP contribution is 2.80. The fourth-order valence-electron chi connectivity index (χ4n) is 3.40. The summed E-state index contributed by atoms with van der Waals surface area (Å²) in [6.07, 6.45) is 1.56. The summed E-state index contributed by atoms with van der Waals surface area (Å²) in [7, 11) is 0. The third kappa shape index (κ3) is 2.51. The summed E-state index contributed by atoms with van der Waals surface area (Å²) in [5.41, 5.74) is -0.944. The highest BCUT2D eigenvalue weighted by molar-refractivity contribution is 9.10. The molecule has 7 heteroatoms. The van der Waals surface area contributed by atoms with Crippen LogP contribution in [0.15, 0.2) is 28.7 Å². The van der Waals surface area contributed by atoms with Crippen LogP contribution in [-0.4, -0.2) is 35.9 Å². The van der Waals surface area contributed by atoms with Crippen LogP contribution in [-0.2, 0) is 19.1 Å². The molecule has 1 amide bonds. The molecule has 3 fully saturated rings. The summed E-state index contributed by atoms with van der Waals surface area (Å²) in [5.74, 6) is -0.247. The Labute approximate surface area is 147 Å². The molecule has 1 aromatic rings. The van der Waals surface area contributed by atoms with Crippen molar-refractivity contribution in [2.75, 3.05) is 6.61 Å². The Morgan fingerprint density at radius 3 is 2.83 bits per heavy atom. The van der Waals surface area contributed by atoms with Gasteiger partial charge in [0.1, 0.15) is 17.4 Å². The Morgan fingerprint density at radius 1 is 1.38 bits per heavy atom. The maximum atomic E-state index is 12.4. The molecule has 4 rings (SSSR count). The second-order valence-electron chi connectivity index (χ2n) is 6.67. The molecule has 0 spiro atoms. The fraction of sp³-hybridized carbons (Fsp3) is 0.471. The smallest absolute Gasteiger partial charge is 0.328 e. The minimum Gasteiger partial charge on any atom is -0.486 e. The zero-order chi connectivity index (χ0) is 16.9. The van der Waals surface area contributed by atoms with Crippen LogP contribution >= 0.6 is 15.9 Å². The van der Waals surface area contributed by atoms with E-state index in [0.29, 0.717) is 25.9 Å². The van der Waals surface area contributed by atoms with E-state index in [1.807, 2.05) is 24.3 Å². The van der Waals surface area contributed by atoms with Crippen molar-refractivity contribution < 1.29 is 23.9 Å². The van der Waals surface area contributed by atoms with Gasteiger partial charge in [0.05, 0.1) is 18.4 Å². The third-order valence-electron chi connectivity index (χ3n) is 5.03. The summed E-state index contributed by atoms with van der Waals surface area (Å²) in [6.45, 7) is 0.311. The number of fused-ring (bicyclic) bond motifs is 1. The maximum Gasteiger partial charge on any atom is 0.328 e. The van der Waals surface area contributed by atoms with Crippen LogP contribution in [0, 0.1) is 5.41 Å². The molecular formula is C17H16BrNO5. The first-order valence-electron chi connectivity index (χ1n) is 7.88. The molecule has 1 heterocycles. The number of carbonyl (C=O) groups excluding carboxylic acids is 3. The van der Waals surface area contributed by atoms with Crippen molar-refractivity contribution in [2.24, 2.45) is 5.41 Å². The van der Waals surface area contributed by atoms with Crippen LogP contribution in [0.3, 0.4) is 0 Å². The molecule has 1 atom stereocenters. The Hall–Kier alpha value is -1.89. The molecule has 1 aromatic carbocycles. The summed E-state index contributed by atoms with van der Waals surface area (Å²) in [5, 5.41) is 2.57. The van der Waals surface area contributed by atoms with E-state index in [1.165, 1.54) is 0 Å². The third-order valence-corrected chi connectivity index (χ3v) is 5.52. The summed E-state index contributed by atoms with van der Waals surface area (Å²) in [4.78, 5) is 35.7. The normalized spacial score (nSPS) is 32.5. The van der Waals surface area contributed by atoms with E-state index in [4.69, 9.17) is 9.47 Å². The molecule has 3 aliphatic rings. The average molecular weight is 394 g/mol. The van der Waals surface area contributed by atoms with E-state index in [1.54, 1.807) is 0 Å². The molecule has 126 valence electrons. The number of Topliss-reactive ketones (excluding diaryl/α,β-unsaturated/α-hetero) is 1. The average Bonchev–Trinajstić information content (AvgIpc) is 3.25. The first-order valence-corrected chi connectivity index (χ1v) is 8.67. The molecule has 1 N–H and O–H groups in total. The molecule has 2 aliphatic carbocycles. The molecule has 0 aromatic heterocycles. The van der Waals surface area contributed by atoms with Crippen molar-refractivity contribution in [3.05, 3.63) is 28.7 Å². The van der Waals surface area contributed by atoms with Crippen LogP contribution in [0.25, 0.3) is 0 Å². The van der Waals surface area contributed by atoms with Gasteiger partial charge < -0.3 is 14.8 Å². The van der Waals surface area contributed by atoms with Gasteiger partial charge in [0.15, 0.2) is 5.78 Å². The van der Waals surface area contributed by atoms with Gasteiger partial charge in [-0.2, -0.15) is 0 Å². The van der Waals surface area contributed by atoms with Crippen molar-refractivity contribution in [3.63, 3.8) is 0 Å². The number of cyclic esters (lactones) is 1. The van der Waals surface area contributed by atoms with Gasteiger partial charge in [-0.25, -0.2) is 4.79 Å². The molecule has 0 bridgehead atoms. The van der Waals surface area contributed by atoms with Crippen LogP contribution in [0.5, 0.6) is 5.75 Å². The minimum atomic E-state index is -0.621. The Morgan fingerprint density at radius 2 is 2.17 bits per heavy atom. The van der Waals surface area contributed by atoms with E-state index < -0.39 is 28.9 Å². The standard InChI is InChI=1S/C17H16BrNO5/c18-10-2-1-3-11(6-10)24-17-8-16(17,9-17)13(20)7-14(21)19-12-4-5-23-15(12)22/h1-3,6,12H,4-5,7-9H2,(H,19,21). The van der Waals surface area contributed by atoms with E-state index in [0.717, 1.165) is 10.2 Å². The van der Waals surface area contributed by atoms with Gasteiger partial charge in [-0.05, 0) is 18.2 Å². The van der Waals surface area contributed by atoms with E-state index in [2.05, 4.69) is 21.2 Å². The maximum absolute atomic E-state index is 12.4. The van der Waals surface area contributed by atoms with Gasteiger partial charge in [0, 0.05) is 23.7 Å². The first-order chi connectivity index (χ1) is 11.4. The number of carbonyl (C=O) groups is 3. The minimum absolute atomic E-state index is 0.110. The number of ether oxygens (including phenoxy) is 2. The van der Waals surface area contributed by atoms with Gasteiger partial charge in [-0.15, -0.1) is 0 Å². The number of amides is 1. The van der Waals surface area contributed by atoms with Gasteiger partial charge in [-0.3, -0.25) is 9.59 Å². The zero-order valence-electron chi connectivity index (χ0n) is 12.8. The molecule has 0 radical (unpaired) electrons. The second-order valence-corrected chi connectivity index (χ2v) is 7.58. The number of halogens is 1. The highest BCUT2D eigenvalue weighted by Gasteiger charge is 2.89. The SMILES string of the molecule is O=C(CC(=O)C12CC1(Oc1cccc(Br)c1)C2)NC1CCOC1=O. The predicted octanol–water partition coefficient (Wildman–Crippen LogP) is 1.75. The molecule has 2 saturated carbocycles.